The molecule has 0 aliphatic carbocycles. The van der Waals surface area contributed by atoms with Gasteiger partial charge in [0.25, 0.3) is 0 Å². The lowest BCUT2D eigenvalue weighted by molar-refractivity contribution is 0.624. The zero-order chi connectivity index (χ0) is 19.5. The van der Waals surface area contributed by atoms with Crippen molar-refractivity contribution in [3.63, 3.8) is 0 Å². The van der Waals surface area contributed by atoms with Gasteiger partial charge in [0.1, 0.15) is 5.82 Å². The highest BCUT2D eigenvalue weighted by molar-refractivity contribution is 5.80. The van der Waals surface area contributed by atoms with E-state index in [0.717, 1.165) is 16.9 Å². The van der Waals surface area contributed by atoms with Gasteiger partial charge in [-0.05, 0) is 30.3 Å². The standard InChI is InChI=1S/C20H20FN7/c1-22-27-18-8-7-16(14-11-25-28(2)12-14)26-20(18)24-10-13-5-6-17-15(19(13)21)4-3-9-23-17/h3-9,11-12,22,27H,10H2,1-2H3,(H,24,26). The van der Waals surface area contributed by atoms with E-state index in [1.165, 1.54) is 0 Å². The minimum absolute atomic E-state index is 0.273. The van der Waals surface area contributed by atoms with Gasteiger partial charge in [0.05, 0.1) is 23.1 Å². The molecule has 7 nitrogen and oxygen atoms in total. The van der Waals surface area contributed by atoms with Gasteiger partial charge in [-0.25, -0.2) is 14.8 Å². The highest BCUT2D eigenvalue weighted by atomic mass is 19.1. The van der Waals surface area contributed by atoms with Crippen molar-refractivity contribution in [1.82, 2.24) is 25.2 Å². The predicted octanol–water partition coefficient (Wildman–Crippen LogP) is 3.33. The Hall–Kier alpha value is -3.52. The van der Waals surface area contributed by atoms with Crippen molar-refractivity contribution >= 4 is 22.4 Å². The smallest absolute Gasteiger partial charge is 0.151 e. The number of anilines is 2. The zero-order valence-corrected chi connectivity index (χ0v) is 15.6. The summed E-state index contributed by atoms with van der Waals surface area (Å²) < 4.78 is 16.6. The number of benzene rings is 1. The van der Waals surface area contributed by atoms with E-state index in [1.807, 2.05) is 31.4 Å². The second kappa shape index (κ2) is 7.61. The zero-order valence-electron chi connectivity index (χ0n) is 15.6. The number of nitrogens with one attached hydrogen (secondary N) is 3. The predicted molar refractivity (Wildman–Crippen MR) is 108 cm³/mol. The van der Waals surface area contributed by atoms with Crippen LogP contribution in [0, 0.1) is 5.82 Å². The van der Waals surface area contributed by atoms with Crippen molar-refractivity contribution in [3.05, 3.63) is 66.4 Å². The average molecular weight is 377 g/mol. The first-order chi connectivity index (χ1) is 13.7. The molecule has 0 fully saturated rings. The fourth-order valence-electron chi connectivity index (χ4n) is 3.02. The van der Waals surface area contributed by atoms with Crippen molar-refractivity contribution in [2.45, 2.75) is 6.54 Å². The Kier molecular flexibility index (Phi) is 4.86. The number of aryl methyl sites for hydroxylation is 1. The third kappa shape index (κ3) is 3.49. The summed E-state index contributed by atoms with van der Waals surface area (Å²) in [6.07, 6.45) is 5.31. The summed E-state index contributed by atoms with van der Waals surface area (Å²) in [6, 6.07) is 10.8. The average Bonchev–Trinajstić information content (AvgIpc) is 3.15. The molecule has 4 rings (SSSR count). The van der Waals surface area contributed by atoms with Crippen molar-refractivity contribution < 1.29 is 4.39 Å². The van der Waals surface area contributed by atoms with Gasteiger partial charge < -0.3 is 10.7 Å². The molecule has 28 heavy (non-hydrogen) atoms. The van der Waals surface area contributed by atoms with Crippen LogP contribution >= 0.6 is 0 Å². The lowest BCUT2D eigenvalue weighted by atomic mass is 10.1. The van der Waals surface area contributed by atoms with E-state index in [-0.39, 0.29) is 5.82 Å². The monoisotopic (exact) mass is 377 g/mol. The van der Waals surface area contributed by atoms with Crippen LogP contribution in [0.3, 0.4) is 0 Å². The van der Waals surface area contributed by atoms with Crippen LogP contribution in [-0.4, -0.2) is 26.8 Å². The quantitative estimate of drug-likeness (QED) is 0.447. The summed E-state index contributed by atoms with van der Waals surface area (Å²) in [5.41, 5.74) is 9.56. The molecule has 0 unspecified atom stereocenters. The molecule has 3 aromatic heterocycles. The fourth-order valence-corrected chi connectivity index (χ4v) is 3.02. The number of nitrogens with zero attached hydrogens (tertiary/aromatic N) is 4. The van der Waals surface area contributed by atoms with E-state index in [9.17, 15) is 4.39 Å². The molecule has 142 valence electrons. The Bertz CT molecular complexity index is 1120. The molecular formula is C20H20FN7. The number of halogens is 1. The molecule has 4 aromatic rings. The molecule has 0 aliphatic heterocycles. The first kappa shape index (κ1) is 17.9. The number of rotatable bonds is 6. The van der Waals surface area contributed by atoms with Gasteiger partial charge in [0, 0.05) is 49.5 Å². The van der Waals surface area contributed by atoms with Crippen LogP contribution in [0.4, 0.5) is 15.9 Å². The van der Waals surface area contributed by atoms with Crippen LogP contribution in [0.5, 0.6) is 0 Å². The summed E-state index contributed by atoms with van der Waals surface area (Å²) in [6.45, 7) is 0.290. The summed E-state index contributed by atoms with van der Waals surface area (Å²) in [7, 11) is 3.63. The van der Waals surface area contributed by atoms with E-state index in [0.29, 0.717) is 28.8 Å². The SMILES string of the molecule is CNNc1ccc(-c2cnn(C)c2)nc1NCc1ccc2ncccc2c1F. The molecule has 0 aliphatic rings. The largest absolute Gasteiger partial charge is 0.364 e. The van der Waals surface area contributed by atoms with Crippen LogP contribution in [0.25, 0.3) is 22.2 Å². The van der Waals surface area contributed by atoms with Crippen LogP contribution < -0.4 is 16.2 Å². The Morgan fingerprint density at radius 3 is 2.82 bits per heavy atom. The molecule has 0 atom stereocenters. The minimum atomic E-state index is -0.273. The maximum atomic E-state index is 14.8. The van der Waals surface area contributed by atoms with Crippen LogP contribution in [0.1, 0.15) is 5.56 Å². The topological polar surface area (TPSA) is 79.7 Å². The van der Waals surface area contributed by atoms with Gasteiger partial charge in [-0.15, -0.1) is 0 Å². The van der Waals surface area contributed by atoms with Gasteiger partial charge in [0.2, 0.25) is 0 Å². The fraction of sp³-hybridized carbons (Fsp3) is 0.150. The van der Waals surface area contributed by atoms with Crippen molar-refractivity contribution in [2.75, 3.05) is 17.8 Å². The second-order valence-corrected chi connectivity index (χ2v) is 6.33. The van der Waals surface area contributed by atoms with Crippen molar-refractivity contribution in [2.24, 2.45) is 7.05 Å². The lowest BCUT2D eigenvalue weighted by Crippen LogP contribution is -2.17. The highest BCUT2D eigenvalue weighted by Crippen LogP contribution is 2.26. The van der Waals surface area contributed by atoms with Crippen molar-refractivity contribution in [3.8, 4) is 11.3 Å². The number of hydrogen-bond donors (Lipinski definition) is 3. The molecule has 0 amide bonds. The van der Waals surface area contributed by atoms with Gasteiger partial charge in [-0.3, -0.25) is 9.67 Å². The van der Waals surface area contributed by atoms with Crippen LogP contribution in [0.2, 0.25) is 0 Å². The molecule has 3 N–H and O–H groups in total. The van der Waals surface area contributed by atoms with Gasteiger partial charge >= 0.3 is 0 Å². The molecule has 8 heteroatoms. The number of fused-ring (bicyclic) bond motifs is 1. The Balaban J connectivity index is 1.64. The van der Waals surface area contributed by atoms with Gasteiger partial charge in [-0.1, -0.05) is 6.07 Å². The van der Waals surface area contributed by atoms with Gasteiger partial charge in [-0.2, -0.15) is 5.10 Å². The molecule has 0 bridgehead atoms. The molecule has 1 aromatic carbocycles. The molecule has 0 spiro atoms. The van der Waals surface area contributed by atoms with Crippen LogP contribution in [0.15, 0.2) is 55.0 Å². The Morgan fingerprint density at radius 1 is 1.14 bits per heavy atom. The maximum Gasteiger partial charge on any atom is 0.151 e. The van der Waals surface area contributed by atoms with Crippen molar-refractivity contribution in [1.29, 1.82) is 0 Å². The highest BCUT2D eigenvalue weighted by Gasteiger charge is 2.11. The first-order valence-corrected chi connectivity index (χ1v) is 8.84. The van der Waals surface area contributed by atoms with Gasteiger partial charge in [0.15, 0.2) is 5.82 Å². The third-order valence-corrected chi connectivity index (χ3v) is 4.40. The van der Waals surface area contributed by atoms with E-state index >= 15 is 0 Å². The summed E-state index contributed by atoms with van der Waals surface area (Å²) in [5.74, 6) is 0.339. The third-order valence-electron chi connectivity index (χ3n) is 4.40. The molecule has 0 saturated carbocycles. The number of pyridine rings is 2. The number of hydrazine groups is 1. The molecule has 3 heterocycles. The first-order valence-electron chi connectivity index (χ1n) is 8.84. The van der Waals surface area contributed by atoms with E-state index in [1.54, 1.807) is 42.3 Å². The van der Waals surface area contributed by atoms with E-state index < -0.39 is 0 Å². The second-order valence-electron chi connectivity index (χ2n) is 6.33. The van der Waals surface area contributed by atoms with Crippen LogP contribution in [-0.2, 0) is 13.6 Å². The summed E-state index contributed by atoms with van der Waals surface area (Å²) >= 11 is 0. The lowest BCUT2D eigenvalue weighted by Gasteiger charge is -2.14. The summed E-state index contributed by atoms with van der Waals surface area (Å²) in [5, 5.41) is 7.93. The molecular weight excluding hydrogens is 357 g/mol. The Labute approximate surface area is 161 Å². The number of hydrogen-bond acceptors (Lipinski definition) is 6. The number of aromatic nitrogens is 4. The minimum Gasteiger partial charge on any atom is -0.364 e. The van der Waals surface area contributed by atoms with E-state index in [4.69, 9.17) is 0 Å². The summed E-state index contributed by atoms with van der Waals surface area (Å²) in [4.78, 5) is 8.87. The maximum absolute atomic E-state index is 14.8. The Morgan fingerprint density at radius 2 is 2.04 bits per heavy atom. The molecule has 0 saturated heterocycles. The van der Waals surface area contributed by atoms with E-state index in [2.05, 4.69) is 31.2 Å². The molecule has 0 radical (unpaired) electrons. The normalized spacial score (nSPS) is 11.0.